The molecule has 0 saturated heterocycles. The molecule has 0 aliphatic rings. The molecular formula is C9H15ClN4. The maximum absolute atomic E-state index is 5.83. The second kappa shape index (κ2) is 4.46. The Hall–Kier alpha value is -1.03. The maximum atomic E-state index is 5.83. The van der Waals surface area contributed by atoms with Gasteiger partial charge >= 0.3 is 0 Å². The van der Waals surface area contributed by atoms with Gasteiger partial charge in [0.15, 0.2) is 0 Å². The molecule has 1 heterocycles. The summed E-state index contributed by atoms with van der Waals surface area (Å²) < 4.78 is 1.79. The molecule has 0 aromatic carbocycles. The van der Waals surface area contributed by atoms with E-state index in [0.29, 0.717) is 17.5 Å². The predicted octanol–water partition coefficient (Wildman–Crippen LogP) is 1.59. The van der Waals surface area contributed by atoms with E-state index in [1.165, 1.54) is 0 Å². The molecule has 0 radical (unpaired) electrons. The molecule has 0 saturated carbocycles. The van der Waals surface area contributed by atoms with Crippen LogP contribution >= 0.6 is 11.6 Å². The molecule has 2 N–H and O–H groups in total. The van der Waals surface area contributed by atoms with Crippen molar-refractivity contribution in [3.05, 3.63) is 17.2 Å². The third-order valence-corrected chi connectivity index (χ3v) is 2.37. The minimum absolute atomic E-state index is 0.269. The Kier molecular flexibility index (Phi) is 3.52. The van der Waals surface area contributed by atoms with Gasteiger partial charge in [0.2, 0.25) is 0 Å². The van der Waals surface area contributed by atoms with E-state index >= 15 is 0 Å². The molecule has 1 aromatic rings. The highest BCUT2D eigenvalue weighted by molar-refractivity contribution is 6.29. The highest BCUT2D eigenvalue weighted by Crippen LogP contribution is 2.09. The summed E-state index contributed by atoms with van der Waals surface area (Å²) in [5.74, 6) is 1.73. The lowest BCUT2D eigenvalue weighted by Crippen LogP contribution is -2.19. The van der Waals surface area contributed by atoms with E-state index in [9.17, 15) is 0 Å². The average molecular weight is 215 g/mol. The molecule has 0 fully saturated rings. The largest absolute Gasteiger partial charge is 0.387 e. The van der Waals surface area contributed by atoms with Gasteiger partial charge in [0, 0.05) is 13.0 Å². The molecule has 0 bridgehead atoms. The Labute approximate surface area is 88.8 Å². The summed E-state index contributed by atoms with van der Waals surface area (Å²) >= 11 is 5.83. The number of hydrogen-bond acceptors (Lipinski definition) is 2. The Morgan fingerprint density at radius 2 is 2.36 bits per heavy atom. The summed E-state index contributed by atoms with van der Waals surface area (Å²) in [6, 6.07) is 0. The van der Waals surface area contributed by atoms with Crippen LogP contribution in [0.25, 0.3) is 0 Å². The molecule has 1 aromatic heterocycles. The fourth-order valence-corrected chi connectivity index (χ4v) is 1.06. The molecule has 5 heteroatoms. The number of hydrogen-bond donors (Lipinski definition) is 1. The first kappa shape index (κ1) is 11.0. The van der Waals surface area contributed by atoms with Gasteiger partial charge in [-0.15, -0.1) is 0 Å². The number of aromatic nitrogens is 2. The second-order valence-electron chi connectivity index (χ2n) is 3.45. The molecule has 0 aliphatic carbocycles. The van der Waals surface area contributed by atoms with E-state index in [1.54, 1.807) is 10.8 Å². The first-order chi connectivity index (χ1) is 6.52. The van der Waals surface area contributed by atoms with Crippen LogP contribution in [0.5, 0.6) is 0 Å². The predicted molar refractivity (Wildman–Crippen MR) is 58.4 cm³/mol. The smallest absolute Gasteiger partial charge is 0.131 e. The van der Waals surface area contributed by atoms with Crippen molar-refractivity contribution < 1.29 is 0 Å². The molecule has 0 amide bonds. The van der Waals surface area contributed by atoms with Crippen LogP contribution in [-0.2, 0) is 13.6 Å². The van der Waals surface area contributed by atoms with Gasteiger partial charge in [0.25, 0.3) is 0 Å². The molecule has 4 nitrogen and oxygen atoms in total. The zero-order valence-electron chi connectivity index (χ0n) is 8.66. The summed E-state index contributed by atoms with van der Waals surface area (Å²) in [5.41, 5.74) is 5.70. The zero-order valence-corrected chi connectivity index (χ0v) is 9.41. The minimum atomic E-state index is 0.269. The zero-order chi connectivity index (χ0) is 10.7. The van der Waals surface area contributed by atoms with Gasteiger partial charge < -0.3 is 10.3 Å². The standard InChI is InChI=1S/C9H15ClN4/c1-6(2)9(11)13-5-8-12-4-7(10)14(8)3/h4,6H,5H2,1-3H3,(H2,11,13). The summed E-state index contributed by atoms with van der Waals surface area (Å²) in [4.78, 5) is 8.34. The summed E-state index contributed by atoms with van der Waals surface area (Å²) in [6.45, 7) is 4.49. The van der Waals surface area contributed by atoms with E-state index in [-0.39, 0.29) is 5.92 Å². The lowest BCUT2D eigenvalue weighted by atomic mass is 10.2. The molecule has 0 unspecified atom stereocenters. The maximum Gasteiger partial charge on any atom is 0.131 e. The van der Waals surface area contributed by atoms with Gasteiger partial charge in [-0.25, -0.2) is 4.98 Å². The first-order valence-corrected chi connectivity index (χ1v) is 4.86. The van der Waals surface area contributed by atoms with Crippen molar-refractivity contribution in [2.45, 2.75) is 20.4 Å². The van der Waals surface area contributed by atoms with Crippen LogP contribution in [-0.4, -0.2) is 15.4 Å². The fraction of sp³-hybridized carbons (Fsp3) is 0.556. The molecule has 78 valence electrons. The van der Waals surface area contributed by atoms with Crippen molar-refractivity contribution in [2.75, 3.05) is 0 Å². The van der Waals surface area contributed by atoms with Gasteiger partial charge in [0.05, 0.1) is 18.6 Å². The summed E-state index contributed by atoms with van der Waals surface area (Å²) in [6.07, 6.45) is 1.61. The van der Waals surface area contributed by atoms with Crippen LogP contribution in [0.1, 0.15) is 19.7 Å². The van der Waals surface area contributed by atoms with Crippen molar-refractivity contribution in [1.82, 2.24) is 9.55 Å². The van der Waals surface area contributed by atoms with Gasteiger partial charge in [0.1, 0.15) is 11.0 Å². The van der Waals surface area contributed by atoms with Crippen molar-refractivity contribution in [1.29, 1.82) is 0 Å². The highest BCUT2D eigenvalue weighted by atomic mass is 35.5. The molecule has 1 rings (SSSR count). The normalized spacial score (nSPS) is 12.5. The molecule has 14 heavy (non-hydrogen) atoms. The molecule has 0 spiro atoms. The summed E-state index contributed by atoms with van der Waals surface area (Å²) in [7, 11) is 1.85. The number of nitrogens with zero attached hydrogens (tertiary/aromatic N) is 3. The Balaban J connectivity index is 2.71. The third-order valence-electron chi connectivity index (χ3n) is 2.02. The van der Waals surface area contributed by atoms with E-state index in [0.717, 1.165) is 5.82 Å². The number of halogens is 1. The number of aliphatic imine (C=N–C) groups is 1. The summed E-state index contributed by atoms with van der Waals surface area (Å²) in [5, 5.41) is 0.610. The lowest BCUT2D eigenvalue weighted by molar-refractivity contribution is 0.780. The number of nitrogens with two attached hydrogens (primary N) is 1. The van der Waals surface area contributed by atoms with Crippen LogP contribution in [0.15, 0.2) is 11.2 Å². The number of amidine groups is 1. The van der Waals surface area contributed by atoms with E-state index < -0.39 is 0 Å². The monoisotopic (exact) mass is 214 g/mol. The second-order valence-corrected chi connectivity index (χ2v) is 3.84. The van der Waals surface area contributed by atoms with E-state index in [2.05, 4.69) is 9.98 Å². The Morgan fingerprint density at radius 3 is 2.79 bits per heavy atom. The minimum Gasteiger partial charge on any atom is -0.387 e. The van der Waals surface area contributed by atoms with Gasteiger partial charge in [-0.05, 0) is 0 Å². The van der Waals surface area contributed by atoms with Crippen molar-refractivity contribution in [3.8, 4) is 0 Å². The van der Waals surface area contributed by atoms with Gasteiger partial charge in [-0.1, -0.05) is 25.4 Å². The quantitative estimate of drug-likeness (QED) is 0.614. The van der Waals surface area contributed by atoms with Crippen LogP contribution in [0, 0.1) is 5.92 Å². The fourth-order valence-electron chi connectivity index (χ4n) is 0.916. The van der Waals surface area contributed by atoms with Crippen LogP contribution in [0.3, 0.4) is 0 Å². The van der Waals surface area contributed by atoms with Crippen LogP contribution < -0.4 is 5.73 Å². The molecule has 0 aliphatic heterocycles. The number of imidazole rings is 1. The Bertz CT molecular complexity index is 341. The lowest BCUT2D eigenvalue weighted by Gasteiger charge is -2.04. The third kappa shape index (κ3) is 2.48. The highest BCUT2D eigenvalue weighted by Gasteiger charge is 2.04. The molecule has 0 atom stereocenters. The van der Waals surface area contributed by atoms with Crippen molar-refractivity contribution >= 4 is 17.4 Å². The SMILES string of the molecule is CC(C)C(N)=NCc1ncc(Cl)n1C. The van der Waals surface area contributed by atoms with E-state index in [1.807, 2.05) is 20.9 Å². The van der Waals surface area contributed by atoms with Crippen LogP contribution in [0.4, 0.5) is 0 Å². The van der Waals surface area contributed by atoms with E-state index in [4.69, 9.17) is 17.3 Å². The van der Waals surface area contributed by atoms with Crippen molar-refractivity contribution in [2.24, 2.45) is 23.7 Å². The number of rotatable bonds is 3. The van der Waals surface area contributed by atoms with Crippen molar-refractivity contribution in [3.63, 3.8) is 0 Å². The topological polar surface area (TPSA) is 56.2 Å². The molecular weight excluding hydrogens is 200 g/mol. The van der Waals surface area contributed by atoms with Gasteiger partial charge in [-0.3, -0.25) is 4.99 Å². The first-order valence-electron chi connectivity index (χ1n) is 4.48. The Morgan fingerprint density at radius 1 is 1.71 bits per heavy atom. The van der Waals surface area contributed by atoms with Gasteiger partial charge in [-0.2, -0.15) is 0 Å². The van der Waals surface area contributed by atoms with Crippen LogP contribution in [0.2, 0.25) is 5.15 Å². The average Bonchev–Trinajstić information content (AvgIpc) is 2.44.